The summed E-state index contributed by atoms with van der Waals surface area (Å²) < 4.78 is 0. The zero-order valence-electron chi connectivity index (χ0n) is 15.2. The van der Waals surface area contributed by atoms with Gasteiger partial charge in [-0.25, -0.2) is 0 Å². The lowest BCUT2D eigenvalue weighted by molar-refractivity contribution is -0.118. The van der Waals surface area contributed by atoms with E-state index in [1.54, 1.807) is 17.0 Å². The van der Waals surface area contributed by atoms with E-state index in [1.807, 2.05) is 6.07 Å². The minimum atomic E-state index is -0.0597. The normalized spacial score (nSPS) is 24.2. The number of nitrogens with zero attached hydrogens (tertiary/aromatic N) is 1. The van der Waals surface area contributed by atoms with E-state index in [2.05, 4.69) is 39.1 Å². The first kappa shape index (κ1) is 18.0. The molecule has 2 amide bonds. The van der Waals surface area contributed by atoms with Gasteiger partial charge in [0.25, 0.3) is 0 Å². The molecule has 5 heteroatoms. The number of anilines is 2. The fourth-order valence-electron chi connectivity index (χ4n) is 3.76. The number of nitrogens with one attached hydrogen (secondary N) is 1. The van der Waals surface area contributed by atoms with Crippen LogP contribution in [0.3, 0.4) is 0 Å². The van der Waals surface area contributed by atoms with Crippen molar-refractivity contribution < 1.29 is 9.59 Å². The molecule has 2 atom stereocenters. The summed E-state index contributed by atoms with van der Waals surface area (Å²) in [6, 6.07) is 5.37. The van der Waals surface area contributed by atoms with Crippen molar-refractivity contribution in [2.75, 3.05) is 16.8 Å². The monoisotopic (exact) mass is 360 g/mol. The van der Waals surface area contributed by atoms with Crippen LogP contribution >= 0.6 is 11.6 Å². The van der Waals surface area contributed by atoms with E-state index in [4.69, 9.17) is 11.6 Å². The number of carbonyl (C=O) groups is 2. The van der Waals surface area contributed by atoms with E-state index in [0.717, 1.165) is 12.1 Å². The third kappa shape index (κ3) is 3.45. The van der Waals surface area contributed by atoms with Crippen molar-refractivity contribution in [3.8, 4) is 0 Å². The Morgan fingerprint density at radius 1 is 1.36 bits per heavy atom. The molecule has 0 bridgehead atoms. The Morgan fingerprint density at radius 2 is 2.08 bits per heavy atom. The van der Waals surface area contributed by atoms with E-state index >= 15 is 0 Å². The Labute approximate surface area is 154 Å². The Kier molecular flexibility index (Phi) is 4.67. The van der Waals surface area contributed by atoms with Gasteiger partial charge >= 0.3 is 0 Å². The van der Waals surface area contributed by atoms with E-state index in [9.17, 15) is 9.59 Å². The maximum absolute atomic E-state index is 12.8. The molecule has 0 aromatic heterocycles. The average Bonchev–Trinajstić information content (AvgIpc) is 2.85. The van der Waals surface area contributed by atoms with Gasteiger partial charge in [-0.1, -0.05) is 37.1 Å². The molecular weight excluding hydrogens is 336 g/mol. The Morgan fingerprint density at radius 3 is 2.68 bits per heavy atom. The molecule has 25 heavy (non-hydrogen) atoms. The summed E-state index contributed by atoms with van der Waals surface area (Å²) in [5, 5.41) is 3.46. The minimum Gasteiger partial charge on any atom is -0.324 e. The summed E-state index contributed by atoms with van der Waals surface area (Å²) in [6.45, 7) is 9.05. The number of halogens is 1. The largest absolute Gasteiger partial charge is 0.324 e. The van der Waals surface area contributed by atoms with Gasteiger partial charge in [0.15, 0.2) is 0 Å². The summed E-state index contributed by atoms with van der Waals surface area (Å²) in [5.41, 5.74) is 2.54. The van der Waals surface area contributed by atoms with Gasteiger partial charge in [0, 0.05) is 18.7 Å². The third-order valence-corrected chi connectivity index (χ3v) is 5.63. The molecule has 3 rings (SSSR count). The van der Waals surface area contributed by atoms with E-state index in [0.29, 0.717) is 23.7 Å². The smallest absolute Gasteiger partial charge is 0.228 e. The second-order valence-electron chi connectivity index (χ2n) is 7.87. The lowest BCUT2D eigenvalue weighted by atomic mass is 10.1. The van der Waals surface area contributed by atoms with Gasteiger partial charge in [-0.2, -0.15) is 0 Å². The van der Waals surface area contributed by atoms with Crippen LogP contribution in [0.2, 0.25) is 5.02 Å². The highest BCUT2D eigenvalue weighted by Crippen LogP contribution is 2.59. The molecule has 1 saturated heterocycles. The summed E-state index contributed by atoms with van der Waals surface area (Å²) in [5.74, 6) is 0.293. The topological polar surface area (TPSA) is 49.4 Å². The molecule has 4 nitrogen and oxygen atoms in total. The average molecular weight is 361 g/mol. The van der Waals surface area contributed by atoms with Gasteiger partial charge in [-0.15, -0.1) is 0 Å². The first-order valence-corrected chi connectivity index (χ1v) is 9.15. The molecule has 2 aliphatic rings. The van der Waals surface area contributed by atoms with Crippen LogP contribution in [0.5, 0.6) is 0 Å². The quantitative estimate of drug-likeness (QED) is 0.795. The third-order valence-electron chi connectivity index (χ3n) is 5.30. The molecule has 1 aromatic rings. The van der Waals surface area contributed by atoms with Crippen molar-refractivity contribution in [2.45, 2.75) is 40.5 Å². The van der Waals surface area contributed by atoms with Crippen LogP contribution in [0, 0.1) is 17.3 Å². The Hall–Kier alpha value is -1.81. The minimum absolute atomic E-state index is 0.0145. The Balaban J connectivity index is 1.78. The van der Waals surface area contributed by atoms with Crippen LogP contribution in [-0.2, 0) is 9.59 Å². The van der Waals surface area contributed by atoms with Gasteiger partial charge in [0.2, 0.25) is 11.8 Å². The van der Waals surface area contributed by atoms with Crippen LogP contribution in [0.25, 0.3) is 0 Å². The van der Waals surface area contributed by atoms with Crippen LogP contribution in [0.1, 0.15) is 40.5 Å². The van der Waals surface area contributed by atoms with Crippen molar-refractivity contribution in [2.24, 2.45) is 17.3 Å². The van der Waals surface area contributed by atoms with Crippen molar-refractivity contribution in [1.82, 2.24) is 0 Å². The van der Waals surface area contributed by atoms with Gasteiger partial charge in [0.1, 0.15) is 0 Å². The van der Waals surface area contributed by atoms with Crippen LogP contribution in [0.4, 0.5) is 11.4 Å². The van der Waals surface area contributed by atoms with E-state index in [-0.39, 0.29) is 29.1 Å². The number of benzene rings is 1. The molecule has 1 heterocycles. The molecule has 0 spiro atoms. The summed E-state index contributed by atoms with van der Waals surface area (Å²) in [4.78, 5) is 26.4. The molecule has 1 aromatic carbocycles. The molecule has 1 aliphatic heterocycles. The van der Waals surface area contributed by atoms with Crippen molar-refractivity contribution >= 4 is 34.8 Å². The van der Waals surface area contributed by atoms with Crippen LogP contribution < -0.4 is 10.2 Å². The highest BCUT2D eigenvalue weighted by molar-refractivity contribution is 6.34. The summed E-state index contributed by atoms with van der Waals surface area (Å²) in [7, 11) is 0. The number of allylic oxidation sites excluding steroid dienone is 2. The van der Waals surface area contributed by atoms with Gasteiger partial charge < -0.3 is 10.2 Å². The predicted molar refractivity (Wildman–Crippen MR) is 102 cm³/mol. The first-order chi connectivity index (χ1) is 11.7. The number of hydrogen-bond acceptors (Lipinski definition) is 2. The van der Waals surface area contributed by atoms with E-state index < -0.39 is 0 Å². The van der Waals surface area contributed by atoms with Gasteiger partial charge in [-0.05, 0) is 49.8 Å². The van der Waals surface area contributed by atoms with Crippen molar-refractivity contribution in [3.63, 3.8) is 0 Å². The zero-order chi connectivity index (χ0) is 18.4. The lowest BCUT2D eigenvalue weighted by Crippen LogP contribution is -2.24. The van der Waals surface area contributed by atoms with Gasteiger partial charge in [0.05, 0.1) is 16.6 Å². The maximum atomic E-state index is 12.8. The van der Waals surface area contributed by atoms with E-state index in [1.165, 1.54) is 5.57 Å². The molecule has 1 aliphatic carbocycles. The maximum Gasteiger partial charge on any atom is 0.228 e. The van der Waals surface area contributed by atoms with Crippen molar-refractivity contribution in [1.29, 1.82) is 0 Å². The highest BCUT2D eigenvalue weighted by Gasteiger charge is 2.60. The summed E-state index contributed by atoms with van der Waals surface area (Å²) in [6.07, 6.45) is 3.61. The zero-order valence-corrected chi connectivity index (χ0v) is 16.0. The molecule has 1 N–H and O–H groups in total. The number of amides is 2. The standard InChI is InChI=1S/C20H25ClN2O2/c1-12(2)10-14-18(20(14,3)4)19(25)22-16-11-13(7-8-15(16)21)23-9-5-6-17(23)24/h7-8,10-11,14,18H,5-6,9H2,1-4H3,(H,22,25)/t14-,18+/m1/s1. The van der Waals surface area contributed by atoms with Crippen LogP contribution in [-0.4, -0.2) is 18.4 Å². The second-order valence-corrected chi connectivity index (χ2v) is 8.28. The molecule has 134 valence electrons. The fourth-order valence-corrected chi connectivity index (χ4v) is 3.92. The number of hydrogen-bond donors (Lipinski definition) is 1. The lowest BCUT2D eigenvalue weighted by Gasteiger charge is -2.17. The predicted octanol–water partition coefficient (Wildman–Crippen LogP) is 4.64. The number of carbonyl (C=O) groups excluding carboxylic acids is 2. The van der Waals surface area contributed by atoms with Crippen LogP contribution in [0.15, 0.2) is 29.8 Å². The molecule has 2 fully saturated rings. The highest BCUT2D eigenvalue weighted by atomic mass is 35.5. The molecular formula is C20H25ClN2O2. The molecule has 1 saturated carbocycles. The van der Waals surface area contributed by atoms with Crippen molar-refractivity contribution in [3.05, 3.63) is 34.9 Å². The Bertz CT molecular complexity index is 750. The SMILES string of the molecule is CC(C)=C[C@@H]1[C@@H](C(=O)Nc2cc(N3CCCC3=O)ccc2Cl)C1(C)C. The molecule has 0 radical (unpaired) electrons. The number of rotatable bonds is 4. The molecule has 0 unspecified atom stereocenters. The van der Waals surface area contributed by atoms with Gasteiger partial charge in [-0.3, -0.25) is 9.59 Å². The first-order valence-electron chi connectivity index (χ1n) is 8.77. The fraction of sp³-hybridized carbons (Fsp3) is 0.500. The second kappa shape index (κ2) is 6.49. The summed E-state index contributed by atoms with van der Waals surface area (Å²) >= 11 is 6.27.